The van der Waals surface area contributed by atoms with Gasteiger partial charge in [-0.1, -0.05) is 12.1 Å². The van der Waals surface area contributed by atoms with Crippen molar-refractivity contribution in [3.63, 3.8) is 0 Å². The summed E-state index contributed by atoms with van der Waals surface area (Å²) < 4.78 is 0. The van der Waals surface area contributed by atoms with E-state index in [4.69, 9.17) is 0 Å². The third-order valence-electron chi connectivity index (χ3n) is 3.13. The molecule has 1 N–H and O–H groups in total. The third-order valence-corrected chi connectivity index (χ3v) is 4.04. The van der Waals surface area contributed by atoms with Gasteiger partial charge in [-0.3, -0.25) is 9.88 Å². The quantitative estimate of drug-likeness (QED) is 0.785. The van der Waals surface area contributed by atoms with Crippen molar-refractivity contribution < 1.29 is 0 Å². The van der Waals surface area contributed by atoms with Crippen molar-refractivity contribution in [3.8, 4) is 0 Å². The Kier molecular flexibility index (Phi) is 4.08. The van der Waals surface area contributed by atoms with Crippen molar-refractivity contribution in [1.29, 1.82) is 0 Å². The molecule has 0 aliphatic rings. The summed E-state index contributed by atoms with van der Waals surface area (Å²) in [4.78, 5) is 15.8. The molecule has 0 unspecified atom stereocenters. The topological polar surface area (TPSA) is 53.9 Å². The molecule has 0 saturated heterocycles. The van der Waals surface area contributed by atoms with Crippen LogP contribution in [-0.4, -0.2) is 33.9 Å². The van der Waals surface area contributed by atoms with E-state index < -0.39 is 0 Å². The Balaban J connectivity index is 1.69. The first-order chi connectivity index (χ1) is 10.2. The predicted octanol–water partition coefficient (Wildman–Crippen LogP) is 2.76. The van der Waals surface area contributed by atoms with E-state index in [0.717, 1.165) is 40.6 Å². The molecule has 0 atom stereocenters. The van der Waals surface area contributed by atoms with Gasteiger partial charge in [-0.15, -0.1) is 11.3 Å². The highest BCUT2D eigenvalue weighted by Crippen LogP contribution is 2.16. The summed E-state index contributed by atoms with van der Waals surface area (Å²) in [6.07, 6.45) is 1.85. The van der Waals surface area contributed by atoms with Crippen LogP contribution in [0.2, 0.25) is 0 Å². The summed E-state index contributed by atoms with van der Waals surface area (Å²) in [6, 6.07) is 7.93. The van der Waals surface area contributed by atoms with Crippen LogP contribution in [0.4, 0.5) is 5.13 Å². The molecule has 0 aliphatic carbocycles. The zero-order valence-corrected chi connectivity index (χ0v) is 12.9. The van der Waals surface area contributed by atoms with Gasteiger partial charge < -0.3 is 5.32 Å². The first-order valence-electron chi connectivity index (χ1n) is 6.76. The second kappa shape index (κ2) is 6.15. The lowest BCUT2D eigenvalue weighted by atomic mass is 10.3. The van der Waals surface area contributed by atoms with Gasteiger partial charge in [0.2, 0.25) is 0 Å². The number of fused-ring (bicyclic) bond motifs is 1. The molecular weight excluding hydrogens is 282 g/mol. The molecule has 0 amide bonds. The predicted molar refractivity (Wildman–Crippen MR) is 86.4 cm³/mol. The molecule has 6 heteroatoms. The van der Waals surface area contributed by atoms with E-state index in [-0.39, 0.29) is 0 Å². The van der Waals surface area contributed by atoms with Gasteiger partial charge in [0.05, 0.1) is 28.6 Å². The summed E-state index contributed by atoms with van der Waals surface area (Å²) >= 11 is 1.62. The summed E-state index contributed by atoms with van der Waals surface area (Å²) in [6.45, 7) is 1.55. The fourth-order valence-electron chi connectivity index (χ4n) is 2.18. The lowest BCUT2D eigenvalue weighted by molar-refractivity contribution is 0.312. The minimum atomic E-state index is 0.754. The van der Waals surface area contributed by atoms with Gasteiger partial charge in [0, 0.05) is 25.5 Å². The van der Waals surface area contributed by atoms with E-state index in [1.165, 1.54) is 0 Å². The van der Waals surface area contributed by atoms with E-state index in [0.29, 0.717) is 0 Å². The maximum Gasteiger partial charge on any atom is 0.182 e. The number of nitrogens with one attached hydrogen (secondary N) is 1. The van der Waals surface area contributed by atoms with Crippen molar-refractivity contribution in [2.45, 2.75) is 13.1 Å². The van der Waals surface area contributed by atoms with Gasteiger partial charge in [0.1, 0.15) is 0 Å². The Bertz CT molecular complexity index is 740. The highest BCUT2D eigenvalue weighted by Gasteiger charge is 2.07. The molecule has 0 aliphatic heterocycles. The normalized spacial score (nSPS) is 11.2. The van der Waals surface area contributed by atoms with Crippen molar-refractivity contribution in [1.82, 2.24) is 19.9 Å². The largest absolute Gasteiger partial charge is 0.365 e. The Morgan fingerprint density at radius 3 is 2.62 bits per heavy atom. The minimum Gasteiger partial charge on any atom is -0.365 e. The standard InChI is InChI=1S/C15H17N5S/c1-16-15-19-12(10-21-15)9-20(2)8-11-7-17-13-5-3-4-6-14(13)18-11/h3-7,10H,8-9H2,1-2H3,(H,16,19). The molecule has 21 heavy (non-hydrogen) atoms. The van der Waals surface area contributed by atoms with E-state index in [9.17, 15) is 0 Å². The van der Waals surface area contributed by atoms with Crippen LogP contribution in [0.15, 0.2) is 35.8 Å². The van der Waals surface area contributed by atoms with E-state index in [1.54, 1.807) is 11.3 Å². The van der Waals surface area contributed by atoms with Crippen LogP contribution < -0.4 is 5.32 Å². The lowest BCUT2D eigenvalue weighted by Gasteiger charge is -2.14. The zero-order chi connectivity index (χ0) is 14.7. The van der Waals surface area contributed by atoms with Crippen LogP contribution >= 0.6 is 11.3 Å². The summed E-state index contributed by atoms with van der Waals surface area (Å²) in [5.74, 6) is 0. The summed E-state index contributed by atoms with van der Waals surface area (Å²) in [5.41, 5.74) is 3.91. The molecule has 2 aromatic heterocycles. The summed E-state index contributed by atoms with van der Waals surface area (Å²) in [7, 11) is 3.95. The fraction of sp³-hybridized carbons (Fsp3) is 0.267. The molecule has 0 fully saturated rings. The third kappa shape index (κ3) is 3.34. The highest BCUT2D eigenvalue weighted by molar-refractivity contribution is 7.13. The monoisotopic (exact) mass is 299 g/mol. The number of hydrogen-bond acceptors (Lipinski definition) is 6. The average molecular weight is 299 g/mol. The highest BCUT2D eigenvalue weighted by atomic mass is 32.1. The number of rotatable bonds is 5. The van der Waals surface area contributed by atoms with Gasteiger partial charge in [0.15, 0.2) is 5.13 Å². The second-order valence-electron chi connectivity index (χ2n) is 4.92. The van der Waals surface area contributed by atoms with Gasteiger partial charge >= 0.3 is 0 Å². The Morgan fingerprint density at radius 1 is 1.10 bits per heavy atom. The van der Waals surface area contributed by atoms with Crippen molar-refractivity contribution in [3.05, 3.63) is 47.2 Å². The number of aromatic nitrogens is 3. The molecule has 108 valence electrons. The SMILES string of the molecule is CNc1nc(CN(C)Cc2cnc3ccccc3n2)cs1. The maximum absolute atomic E-state index is 4.64. The smallest absolute Gasteiger partial charge is 0.182 e. The number of nitrogens with zero attached hydrogens (tertiary/aromatic N) is 4. The number of benzene rings is 1. The second-order valence-corrected chi connectivity index (χ2v) is 5.77. The van der Waals surface area contributed by atoms with Gasteiger partial charge in [-0.2, -0.15) is 0 Å². The van der Waals surface area contributed by atoms with Crippen LogP contribution in [0.3, 0.4) is 0 Å². The molecule has 0 spiro atoms. The molecular formula is C15H17N5S. The van der Waals surface area contributed by atoms with Crippen LogP contribution in [0.5, 0.6) is 0 Å². The first kappa shape index (κ1) is 13.9. The van der Waals surface area contributed by atoms with E-state index >= 15 is 0 Å². The zero-order valence-electron chi connectivity index (χ0n) is 12.1. The number of thiazole rings is 1. The Labute approximate surface area is 127 Å². The molecule has 2 heterocycles. The molecule has 3 rings (SSSR count). The van der Waals surface area contributed by atoms with Crippen molar-refractivity contribution >= 4 is 27.5 Å². The van der Waals surface area contributed by atoms with Crippen molar-refractivity contribution in [2.75, 3.05) is 19.4 Å². The molecule has 3 aromatic rings. The fourth-order valence-corrected chi connectivity index (χ4v) is 2.84. The minimum absolute atomic E-state index is 0.754. The summed E-state index contributed by atoms with van der Waals surface area (Å²) in [5, 5.41) is 6.08. The number of anilines is 1. The van der Waals surface area contributed by atoms with Crippen LogP contribution in [-0.2, 0) is 13.1 Å². The van der Waals surface area contributed by atoms with Crippen LogP contribution in [0.25, 0.3) is 11.0 Å². The van der Waals surface area contributed by atoms with Gasteiger partial charge in [0.25, 0.3) is 0 Å². The molecule has 0 radical (unpaired) electrons. The molecule has 1 aromatic carbocycles. The molecule has 0 saturated carbocycles. The van der Waals surface area contributed by atoms with E-state index in [2.05, 4.69) is 37.6 Å². The van der Waals surface area contributed by atoms with Gasteiger partial charge in [-0.05, 0) is 19.2 Å². The number of para-hydroxylation sites is 2. The average Bonchev–Trinajstić information content (AvgIpc) is 2.94. The lowest BCUT2D eigenvalue weighted by Crippen LogP contribution is -2.18. The Hall–Kier alpha value is -2.05. The van der Waals surface area contributed by atoms with Crippen LogP contribution in [0, 0.1) is 0 Å². The molecule has 0 bridgehead atoms. The first-order valence-corrected chi connectivity index (χ1v) is 7.64. The molecule has 5 nitrogen and oxygen atoms in total. The van der Waals surface area contributed by atoms with Crippen LogP contribution in [0.1, 0.15) is 11.4 Å². The Morgan fingerprint density at radius 2 is 1.86 bits per heavy atom. The van der Waals surface area contributed by atoms with E-state index in [1.807, 2.05) is 37.5 Å². The van der Waals surface area contributed by atoms with Gasteiger partial charge in [-0.25, -0.2) is 9.97 Å². The number of hydrogen-bond donors (Lipinski definition) is 1. The maximum atomic E-state index is 4.64. The van der Waals surface area contributed by atoms with Crippen molar-refractivity contribution in [2.24, 2.45) is 0 Å².